The zero-order valence-electron chi connectivity index (χ0n) is 13.2. The topological polar surface area (TPSA) is 24.5 Å². The third-order valence-corrected chi connectivity index (χ3v) is 5.68. The van der Waals surface area contributed by atoms with Crippen LogP contribution in [0.25, 0.3) is 0 Å². The smallest absolute Gasteiger partial charge is 0.0622 e. The van der Waals surface area contributed by atoms with Gasteiger partial charge in [-0.3, -0.25) is 4.90 Å². The van der Waals surface area contributed by atoms with Crippen LogP contribution in [0.1, 0.15) is 58.3 Å². The number of rotatable bonds is 4. The van der Waals surface area contributed by atoms with Crippen molar-refractivity contribution in [2.75, 3.05) is 26.3 Å². The van der Waals surface area contributed by atoms with Crippen LogP contribution < -0.4 is 5.32 Å². The van der Waals surface area contributed by atoms with Crippen LogP contribution in [-0.2, 0) is 4.74 Å². The highest BCUT2D eigenvalue weighted by atomic mass is 16.5. The van der Waals surface area contributed by atoms with E-state index in [2.05, 4.69) is 17.1 Å². The summed E-state index contributed by atoms with van der Waals surface area (Å²) in [5, 5.41) is 3.84. The van der Waals surface area contributed by atoms with E-state index in [1.165, 1.54) is 64.5 Å². The van der Waals surface area contributed by atoms with Gasteiger partial charge in [0, 0.05) is 37.8 Å². The van der Waals surface area contributed by atoms with Crippen LogP contribution in [0.5, 0.6) is 0 Å². The molecular formula is C17H32N2O. The van der Waals surface area contributed by atoms with Crippen molar-refractivity contribution in [1.29, 1.82) is 0 Å². The lowest BCUT2D eigenvalue weighted by Gasteiger charge is -2.47. The Labute approximate surface area is 124 Å². The summed E-state index contributed by atoms with van der Waals surface area (Å²) in [7, 11) is 0. The SMILES string of the molecule is CCCC1CN(C2CCOC2)C(C2CCCCC2)CN1. The van der Waals surface area contributed by atoms with Crippen LogP contribution in [-0.4, -0.2) is 49.3 Å². The van der Waals surface area contributed by atoms with Crippen LogP contribution in [0.2, 0.25) is 0 Å². The molecule has 0 radical (unpaired) electrons. The minimum atomic E-state index is 0.698. The summed E-state index contributed by atoms with van der Waals surface area (Å²) >= 11 is 0. The summed E-state index contributed by atoms with van der Waals surface area (Å²) in [6.07, 6.45) is 11.1. The molecule has 0 spiro atoms. The second kappa shape index (κ2) is 7.24. The quantitative estimate of drug-likeness (QED) is 0.857. The van der Waals surface area contributed by atoms with Crippen molar-refractivity contribution >= 4 is 0 Å². The van der Waals surface area contributed by atoms with Gasteiger partial charge in [-0.25, -0.2) is 0 Å². The van der Waals surface area contributed by atoms with E-state index in [0.717, 1.165) is 25.2 Å². The lowest BCUT2D eigenvalue weighted by molar-refractivity contribution is 0.0285. The fourth-order valence-corrected chi connectivity index (χ4v) is 4.56. The third kappa shape index (κ3) is 3.37. The summed E-state index contributed by atoms with van der Waals surface area (Å²) < 4.78 is 5.68. The normalized spacial score (nSPS) is 37.4. The first kappa shape index (κ1) is 14.8. The molecule has 3 atom stereocenters. The number of hydrogen-bond acceptors (Lipinski definition) is 3. The van der Waals surface area contributed by atoms with Crippen LogP contribution in [0.4, 0.5) is 0 Å². The maximum atomic E-state index is 5.68. The first-order valence-electron chi connectivity index (χ1n) is 8.95. The summed E-state index contributed by atoms with van der Waals surface area (Å²) in [6.45, 7) is 6.72. The van der Waals surface area contributed by atoms with E-state index in [9.17, 15) is 0 Å². The Bertz CT molecular complexity index is 285. The molecular weight excluding hydrogens is 248 g/mol. The second-order valence-corrected chi connectivity index (χ2v) is 7.07. The molecule has 0 aromatic carbocycles. The molecule has 1 aliphatic carbocycles. The van der Waals surface area contributed by atoms with Crippen molar-refractivity contribution < 1.29 is 4.74 Å². The molecule has 3 unspecified atom stereocenters. The van der Waals surface area contributed by atoms with Crippen molar-refractivity contribution in [1.82, 2.24) is 10.2 Å². The summed E-state index contributed by atoms with van der Waals surface area (Å²) in [5.74, 6) is 0.930. The van der Waals surface area contributed by atoms with Gasteiger partial charge in [0.2, 0.25) is 0 Å². The largest absolute Gasteiger partial charge is 0.380 e. The standard InChI is InChI=1S/C17H32N2O/c1-2-6-15-12-19(16-9-10-20-13-16)17(11-18-15)14-7-4-3-5-8-14/h14-18H,2-13H2,1H3. The van der Waals surface area contributed by atoms with Gasteiger partial charge >= 0.3 is 0 Å². The summed E-state index contributed by atoms with van der Waals surface area (Å²) in [6, 6.07) is 2.18. The van der Waals surface area contributed by atoms with Gasteiger partial charge in [-0.2, -0.15) is 0 Å². The van der Waals surface area contributed by atoms with Crippen LogP contribution >= 0.6 is 0 Å². The number of piperazine rings is 1. The Morgan fingerprint density at radius 1 is 1.15 bits per heavy atom. The Hall–Kier alpha value is -0.120. The van der Waals surface area contributed by atoms with Gasteiger partial charge in [0.05, 0.1) is 6.61 Å². The van der Waals surface area contributed by atoms with Crippen molar-refractivity contribution in [2.45, 2.75) is 76.4 Å². The first-order chi connectivity index (χ1) is 9.88. The van der Waals surface area contributed by atoms with E-state index in [0.29, 0.717) is 12.1 Å². The Morgan fingerprint density at radius 2 is 2.00 bits per heavy atom. The van der Waals surface area contributed by atoms with Gasteiger partial charge in [0.15, 0.2) is 0 Å². The molecule has 0 amide bonds. The minimum Gasteiger partial charge on any atom is -0.380 e. The number of nitrogens with zero attached hydrogens (tertiary/aromatic N) is 1. The van der Waals surface area contributed by atoms with E-state index >= 15 is 0 Å². The van der Waals surface area contributed by atoms with Gasteiger partial charge in [-0.05, 0) is 31.6 Å². The molecule has 2 saturated heterocycles. The molecule has 3 rings (SSSR count). The van der Waals surface area contributed by atoms with E-state index < -0.39 is 0 Å². The van der Waals surface area contributed by atoms with Gasteiger partial charge in [0.25, 0.3) is 0 Å². The van der Waals surface area contributed by atoms with Crippen LogP contribution in [0, 0.1) is 5.92 Å². The van der Waals surface area contributed by atoms with Gasteiger partial charge in [-0.15, -0.1) is 0 Å². The molecule has 2 heterocycles. The third-order valence-electron chi connectivity index (χ3n) is 5.68. The highest BCUT2D eigenvalue weighted by Crippen LogP contribution is 2.32. The maximum Gasteiger partial charge on any atom is 0.0622 e. The molecule has 1 N–H and O–H groups in total. The molecule has 3 nitrogen and oxygen atoms in total. The molecule has 2 aliphatic heterocycles. The van der Waals surface area contributed by atoms with Gasteiger partial charge in [-0.1, -0.05) is 32.6 Å². The maximum absolute atomic E-state index is 5.68. The second-order valence-electron chi connectivity index (χ2n) is 7.07. The fourth-order valence-electron chi connectivity index (χ4n) is 4.56. The number of hydrogen-bond donors (Lipinski definition) is 1. The lowest BCUT2D eigenvalue weighted by Crippen LogP contribution is -2.62. The first-order valence-corrected chi connectivity index (χ1v) is 8.95. The van der Waals surface area contributed by atoms with E-state index in [1.54, 1.807) is 0 Å². The Morgan fingerprint density at radius 3 is 2.70 bits per heavy atom. The molecule has 3 fully saturated rings. The van der Waals surface area contributed by atoms with E-state index in [4.69, 9.17) is 4.74 Å². The average molecular weight is 280 g/mol. The molecule has 3 aliphatic rings. The predicted octanol–water partition coefficient (Wildman–Crippen LogP) is 2.80. The molecule has 3 heteroatoms. The highest BCUT2D eigenvalue weighted by Gasteiger charge is 2.38. The van der Waals surface area contributed by atoms with Crippen molar-refractivity contribution in [3.63, 3.8) is 0 Å². The van der Waals surface area contributed by atoms with E-state index in [-0.39, 0.29) is 0 Å². The molecule has 0 aromatic rings. The Balaban J connectivity index is 1.66. The molecule has 20 heavy (non-hydrogen) atoms. The molecule has 116 valence electrons. The zero-order valence-corrected chi connectivity index (χ0v) is 13.2. The average Bonchev–Trinajstić information content (AvgIpc) is 3.03. The lowest BCUT2D eigenvalue weighted by atomic mass is 9.81. The Kier molecular flexibility index (Phi) is 5.36. The van der Waals surface area contributed by atoms with Crippen molar-refractivity contribution in [2.24, 2.45) is 5.92 Å². The van der Waals surface area contributed by atoms with Gasteiger partial charge < -0.3 is 10.1 Å². The van der Waals surface area contributed by atoms with Gasteiger partial charge in [0.1, 0.15) is 0 Å². The van der Waals surface area contributed by atoms with Crippen LogP contribution in [0.3, 0.4) is 0 Å². The van der Waals surface area contributed by atoms with E-state index in [1.807, 2.05) is 0 Å². The number of ether oxygens (including phenoxy) is 1. The molecule has 1 saturated carbocycles. The number of nitrogens with one attached hydrogen (secondary N) is 1. The predicted molar refractivity (Wildman–Crippen MR) is 83.0 cm³/mol. The monoisotopic (exact) mass is 280 g/mol. The van der Waals surface area contributed by atoms with Crippen molar-refractivity contribution in [3.8, 4) is 0 Å². The summed E-state index contributed by atoms with van der Waals surface area (Å²) in [4.78, 5) is 2.85. The molecule has 0 bridgehead atoms. The summed E-state index contributed by atoms with van der Waals surface area (Å²) in [5.41, 5.74) is 0. The minimum absolute atomic E-state index is 0.698. The zero-order chi connectivity index (χ0) is 13.8. The fraction of sp³-hybridized carbons (Fsp3) is 1.00. The van der Waals surface area contributed by atoms with Crippen LogP contribution in [0.15, 0.2) is 0 Å². The van der Waals surface area contributed by atoms with Crippen molar-refractivity contribution in [3.05, 3.63) is 0 Å². The highest BCUT2D eigenvalue weighted by molar-refractivity contribution is 4.94. The molecule has 0 aromatic heterocycles.